The Balaban J connectivity index is 1.92. The van der Waals surface area contributed by atoms with Crippen LogP contribution in [0.3, 0.4) is 0 Å². The highest BCUT2D eigenvalue weighted by atomic mass is 16.6. The molecule has 0 unspecified atom stereocenters. The zero-order valence-electron chi connectivity index (χ0n) is 12.2. The van der Waals surface area contributed by atoms with E-state index in [2.05, 4.69) is 9.97 Å². The summed E-state index contributed by atoms with van der Waals surface area (Å²) in [4.78, 5) is 19.0. The average molecular weight is 306 g/mol. The van der Waals surface area contributed by atoms with Gasteiger partial charge >= 0.3 is 0 Å². The van der Waals surface area contributed by atoms with E-state index in [1.165, 1.54) is 12.1 Å². The largest absolute Gasteiger partial charge is 0.382 e. The molecule has 0 bridgehead atoms. The molecule has 114 valence electrons. The Labute approximate surface area is 132 Å². The fraction of sp³-hybridized carbons (Fsp3) is 0.0588. The van der Waals surface area contributed by atoms with Crippen molar-refractivity contribution in [2.75, 3.05) is 5.73 Å². The van der Waals surface area contributed by atoms with Crippen molar-refractivity contribution >= 4 is 11.5 Å². The average Bonchev–Trinajstić information content (AvgIpc) is 2.58. The van der Waals surface area contributed by atoms with E-state index >= 15 is 0 Å². The summed E-state index contributed by atoms with van der Waals surface area (Å²) in [6.07, 6.45) is 2.16. The second-order valence-corrected chi connectivity index (χ2v) is 5.05. The number of nitrogens with two attached hydrogens (primary N) is 1. The minimum absolute atomic E-state index is 0.0432. The number of aromatic nitrogens is 2. The maximum atomic E-state index is 10.7. The fourth-order valence-electron chi connectivity index (χ4n) is 2.25. The summed E-state index contributed by atoms with van der Waals surface area (Å²) >= 11 is 0. The molecular formula is C17H14N4O2. The van der Waals surface area contributed by atoms with Gasteiger partial charge in [-0.25, -0.2) is 9.97 Å². The number of nitrogen functional groups attached to an aromatic ring is 1. The zero-order chi connectivity index (χ0) is 16.2. The maximum Gasteiger partial charge on any atom is 0.269 e. The summed E-state index contributed by atoms with van der Waals surface area (Å²) < 4.78 is 0. The standard InChI is InChI=1S/C17H14N4O2/c18-17-15(10-12-4-2-1-3-5-12)20-16(11-19-17)13-6-8-14(9-7-13)21(22)23/h1-9,11H,10H2,(H2,18,19). The van der Waals surface area contributed by atoms with Crippen molar-refractivity contribution in [1.29, 1.82) is 0 Å². The lowest BCUT2D eigenvalue weighted by Crippen LogP contribution is -2.03. The van der Waals surface area contributed by atoms with Crippen molar-refractivity contribution in [2.45, 2.75) is 6.42 Å². The second kappa shape index (κ2) is 6.23. The van der Waals surface area contributed by atoms with E-state index in [-0.39, 0.29) is 5.69 Å². The Morgan fingerprint density at radius 1 is 1.04 bits per heavy atom. The lowest BCUT2D eigenvalue weighted by Gasteiger charge is -2.07. The van der Waals surface area contributed by atoms with Crippen LogP contribution in [0.4, 0.5) is 11.5 Å². The third kappa shape index (κ3) is 3.32. The van der Waals surface area contributed by atoms with Crippen LogP contribution in [-0.4, -0.2) is 14.9 Å². The van der Waals surface area contributed by atoms with Crippen LogP contribution >= 0.6 is 0 Å². The van der Waals surface area contributed by atoms with Gasteiger partial charge in [-0.3, -0.25) is 10.1 Å². The molecule has 0 aliphatic carbocycles. The minimum Gasteiger partial charge on any atom is -0.382 e. The van der Waals surface area contributed by atoms with Gasteiger partial charge in [0.2, 0.25) is 0 Å². The van der Waals surface area contributed by atoms with Gasteiger partial charge in [0, 0.05) is 24.1 Å². The predicted octanol–water partition coefficient (Wildman–Crippen LogP) is 3.22. The highest BCUT2D eigenvalue weighted by Gasteiger charge is 2.09. The van der Waals surface area contributed by atoms with Gasteiger partial charge < -0.3 is 5.73 Å². The van der Waals surface area contributed by atoms with Crippen molar-refractivity contribution in [2.24, 2.45) is 0 Å². The molecule has 0 fully saturated rings. The number of hydrogen-bond donors (Lipinski definition) is 1. The van der Waals surface area contributed by atoms with E-state index in [1.807, 2.05) is 30.3 Å². The molecule has 0 spiro atoms. The van der Waals surface area contributed by atoms with Crippen LogP contribution in [0, 0.1) is 10.1 Å². The van der Waals surface area contributed by atoms with Gasteiger partial charge in [-0.15, -0.1) is 0 Å². The first-order valence-corrected chi connectivity index (χ1v) is 7.03. The first-order valence-electron chi connectivity index (χ1n) is 7.03. The Bertz CT molecular complexity index is 833. The molecule has 3 aromatic rings. The first kappa shape index (κ1) is 14.6. The Morgan fingerprint density at radius 2 is 1.74 bits per heavy atom. The third-order valence-corrected chi connectivity index (χ3v) is 3.47. The summed E-state index contributed by atoms with van der Waals surface area (Å²) in [5, 5.41) is 10.7. The van der Waals surface area contributed by atoms with Crippen molar-refractivity contribution in [1.82, 2.24) is 9.97 Å². The Hall–Kier alpha value is -3.28. The maximum absolute atomic E-state index is 10.7. The molecule has 0 aliphatic heterocycles. The molecule has 1 heterocycles. The molecule has 0 radical (unpaired) electrons. The molecule has 0 aliphatic rings. The van der Waals surface area contributed by atoms with Crippen LogP contribution in [0.15, 0.2) is 60.8 Å². The van der Waals surface area contributed by atoms with Crippen LogP contribution in [0.25, 0.3) is 11.3 Å². The Kier molecular flexibility index (Phi) is 3.97. The smallest absolute Gasteiger partial charge is 0.269 e. The lowest BCUT2D eigenvalue weighted by atomic mass is 10.1. The quantitative estimate of drug-likeness (QED) is 0.590. The van der Waals surface area contributed by atoms with Crippen LogP contribution in [0.5, 0.6) is 0 Å². The van der Waals surface area contributed by atoms with E-state index in [4.69, 9.17) is 5.73 Å². The van der Waals surface area contributed by atoms with Gasteiger partial charge in [-0.2, -0.15) is 0 Å². The van der Waals surface area contributed by atoms with Crippen LogP contribution < -0.4 is 5.73 Å². The van der Waals surface area contributed by atoms with Crippen LogP contribution in [0.1, 0.15) is 11.3 Å². The van der Waals surface area contributed by atoms with Gasteiger partial charge in [0.15, 0.2) is 0 Å². The van der Waals surface area contributed by atoms with E-state index in [0.29, 0.717) is 23.6 Å². The number of nitrogens with zero attached hydrogens (tertiary/aromatic N) is 3. The number of nitro benzene ring substituents is 1. The zero-order valence-corrected chi connectivity index (χ0v) is 12.2. The van der Waals surface area contributed by atoms with Gasteiger partial charge in [0.1, 0.15) is 5.82 Å². The first-order chi connectivity index (χ1) is 11.1. The van der Waals surface area contributed by atoms with Crippen molar-refractivity contribution in [3.63, 3.8) is 0 Å². The molecule has 6 heteroatoms. The molecule has 23 heavy (non-hydrogen) atoms. The highest BCUT2D eigenvalue weighted by molar-refractivity contribution is 5.61. The molecular weight excluding hydrogens is 292 g/mol. The fourth-order valence-corrected chi connectivity index (χ4v) is 2.25. The highest BCUT2D eigenvalue weighted by Crippen LogP contribution is 2.22. The number of nitro groups is 1. The van der Waals surface area contributed by atoms with E-state index in [0.717, 1.165) is 11.1 Å². The molecule has 3 rings (SSSR count). The molecule has 2 N–H and O–H groups in total. The normalized spacial score (nSPS) is 10.4. The molecule has 1 aromatic heterocycles. The van der Waals surface area contributed by atoms with Gasteiger partial charge in [-0.1, -0.05) is 30.3 Å². The summed E-state index contributed by atoms with van der Waals surface area (Å²) in [7, 11) is 0. The number of anilines is 1. The van der Waals surface area contributed by atoms with Crippen molar-refractivity contribution < 1.29 is 4.92 Å². The molecule has 0 atom stereocenters. The van der Waals surface area contributed by atoms with E-state index < -0.39 is 4.92 Å². The molecule has 0 saturated heterocycles. The van der Waals surface area contributed by atoms with Crippen LogP contribution in [-0.2, 0) is 6.42 Å². The third-order valence-electron chi connectivity index (χ3n) is 3.47. The molecule has 0 amide bonds. The molecule has 0 saturated carbocycles. The van der Waals surface area contributed by atoms with Gasteiger partial charge in [-0.05, 0) is 17.7 Å². The molecule has 2 aromatic carbocycles. The van der Waals surface area contributed by atoms with Gasteiger partial charge in [0.25, 0.3) is 5.69 Å². The Morgan fingerprint density at radius 3 is 2.39 bits per heavy atom. The summed E-state index contributed by atoms with van der Waals surface area (Å²) in [6.45, 7) is 0. The second-order valence-electron chi connectivity index (χ2n) is 5.05. The number of hydrogen-bond acceptors (Lipinski definition) is 5. The lowest BCUT2D eigenvalue weighted by molar-refractivity contribution is -0.384. The van der Waals surface area contributed by atoms with Crippen molar-refractivity contribution in [3.05, 3.63) is 82.2 Å². The summed E-state index contributed by atoms with van der Waals surface area (Å²) in [5.74, 6) is 0.388. The van der Waals surface area contributed by atoms with E-state index in [1.54, 1.807) is 18.3 Å². The SMILES string of the molecule is Nc1ncc(-c2ccc([N+](=O)[O-])cc2)nc1Cc1ccccc1. The van der Waals surface area contributed by atoms with Gasteiger partial charge in [0.05, 0.1) is 22.5 Å². The summed E-state index contributed by atoms with van der Waals surface area (Å²) in [6, 6.07) is 16.1. The monoisotopic (exact) mass is 306 g/mol. The minimum atomic E-state index is -0.431. The number of non-ortho nitro benzene ring substituents is 1. The molecule has 6 nitrogen and oxygen atoms in total. The van der Waals surface area contributed by atoms with E-state index in [9.17, 15) is 10.1 Å². The topological polar surface area (TPSA) is 94.9 Å². The summed E-state index contributed by atoms with van der Waals surface area (Å²) in [5.41, 5.74) is 9.14. The van der Waals surface area contributed by atoms with Crippen molar-refractivity contribution in [3.8, 4) is 11.3 Å². The number of benzene rings is 2. The predicted molar refractivity (Wildman–Crippen MR) is 87.8 cm³/mol. The number of rotatable bonds is 4. The van der Waals surface area contributed by atoms with Crippen LogP contribution in [0.2, 0.25) is 0 Å².